The lowest BCUT2D eigenvalue weighted by atomic mass is 9.95. The highest BCUT2D eigenvalue weighted by atomic mass is 32.1. The van der Waals surface area contributed by atoms with Crippen LogP contribution in [0.15, 0.2) is 18.5 Å². The molecule has 0 saturated carbocycles. The van der Waals surface area contributed by atoms with Crippen LogP contribution >= 0.6 is 11.3 Å². The van der Waals surface area contributed by atoms with E-state index in [2.05, 4.69) is 53.4 Å². The summed E-state index contributed by atoms with van der Waals surface area (Å²) < 4.78 is 0. The number of aryl methyl sites for hydroxylation is 1. The Labute approximate surface area is 118 Å². The van der Waals surface area contributed by atoms with Crippen molar-refractivity contribution in [2.75, 3.05) is 6.54 Å². The number of H-pyrrole nitrogens is 1. The molecule has 0 aromatic carbocycles. The summed E-state index contributed by atoms with van der Waals surface area (Å²) in [6, 6.07) is 4.48. The van der Waals surface area contributed by atoms with Crippen LogP contribution in [0, 0.1) is 0 Å². The molecule has 2 rings (SSSR count). The maximum absolute atomic E-state index is 4.11. The number of thiophene rings is 1. The van der Waals surface area contributed by atoms with Crippen molar-refractivity contribution < 1.29 is 0 Å². The third-order valence-electron chi connectivity index (χ3n) is 2.93. The second-order valence-electron chi connectivity index (χ2n) is 5.73. The highest BCUT2D eigenvalue weighted by Gasteiger charge is 2.15. The number of rotatable bonds is 6. The molecule has 2 aromatic rings. The van der Waals surface area contributed by atoms with Crippen LogP contribution in [-0.4, -0.2) is 21.7 Å². The van der Waals surface area contributed by atoms with Gasteiger partial charge < -0.3 is 5.32 Å². The monoisotopic (exact) mass is 278 g/mol. The van der Waals surface area contributed by atoms with Gasteiger partial charge in [-0.25, -0.2) is 4.98 Å². The van der Waals surface area contributed by atoms with Crippen molar-refractivity contribution in [2.24, 2.45) is 0 Å². The molecule has 0 aliphatic heterocycles. The average molecular weight is 278 g/mol. The van der Waals surface area contributed by atoms with E-state index in [9.17, 15) is 0 Å². The SMILES string of the molecule is CC(C)(C)c1ccc(CNCCCc2ncn[nH]2)s1. The minimum Gasteiger partial charge on any atom is -0.312 e. The molecule has 4 nitrogen and oxygen atoms in total. The van der Waals surface area contributed by atoms with Gasteiger partial charge in [-0.3, -0.25) is 5.10 Å². The molecule has 2 N–H and O–H groups in total. The van der Waals surface area contributed by atoms with Crippen LogP contribution in [0.5, 0.6) is 0 Å². The zero-order valence-electron chi connectivity index (χ0n) is 11.9. The molecule has 2 aromatic heterocycles. The van der Waals surface area contributed by atoms with Crippen molar-refractivity contribution in [2.45, 2.75) is 45.6 Å². The Balaban J connectivity index is 1.67. The molecule has 0 saturated heterocycles. The first-order valence-electron chi connectivity index (χ1n) is 6.70. The number of aromatic amines is 1. The molecular formula is C14H22N4S. The maximum atomic E-state index is 4.11. The molecule has 0 aliphatic carbocycles. The lowest BCUT2D eigenvalue weighted by Crippen LogP contribution is -2.14. The molecule has 5 heteroatoms. The fraction of sp³-hybridized carbons (Fsp3) is 0.571. The Bertz CT molecular complexity index is 482. The Morgan fingerprint density at radius 2 is 2.16 bits per heavy atom. The lowest BCUT2D eigenvalue weighted by molar-refractivity contribution is 0.604. The number of nitrogens with zero attached hydrogens (tertiary/aromatic N) is 2. The smallest absolute Gasteiger partial charge is 0.137 e. The van der Waals surface area contributed by atoms with E-state index in [4.69, 9.17) is 0 Å². The van der Waals surface area contributed by atoms with Gasteiger partial charge in [0, 0.05) is 22.7 Å². The molecule has 0 amide bonds. The van der Waals surface area contributed by atoms with Crippen molar-refractivity contribution in [3.8, 4) is 0 Å². The van der Waals surface area contributed by atoms with Gasteiger partial charge in [0.15, 0.2) is 0 Å². The average Bonchev–Trinajstić information content (AvgIpc) is 2.97. The summed E-state index contributed by atoms with van der Waals surface area (Å²) in [5.74, 6) is 0.966. The molecular weight excluding hydrogens is 256 g/mol. The maximum Gasteiger partial charge on any atom is 0.137 e. The van der Waals surface area contributed by atoms with Crippen molar-refractivity contribution >= 4 is 11.3 Å². The van der Waals surface area contributed by atoms with E-state index in [0.717, 1.165) is 31.8 Å². The second kappa shape index (κ2) is 6.30. The number of aromatic nitrogens is 3. The summed E-state index contributed by atoms with van der Waals surface area (Å²) in [6.07, 6.45) is 3.58. The van der Waals surface area contributed by atoms with Gasteiger partial charge in [-0.15, -0.1) is 11.3 Å². The topological polar surface area (TPSA) is 53.6 Å². The van der Waals surface area contributed by atoms with E-state index in [1.807, 2.05) is 11.3 Å². The highest BCUT2D eigenvalue weighted by molar-refractivity contribution is 7.12. The van der Waals surface area contributed by atoms with Gasteiger partial charge in [-0.2, -0.15) is 5.10 Å². The normalized spacial score (nSPS) is 11.9. The highest BCUT2D eigenvalue weighted by Crippen LogP contribution is 2.29. The summed E-state index contributed by atoms with van der Waals surface area (Å²) in [5, 5.41) is 10.2. The van der Waals surface area contributed by atoms with E-state index in [-0.39, 0.29) is 5.41 Å². The van der Waals surface area contributed by atoms with Gasteiger partial charge in [0.2, 0.25) is 0 Å². The van der Waals surface area contributed by atoms with Gasteiger partial charge in [0.05, 0.1) is 0 Å². The van der Waals surface area contributed by atoms with Crippen LogP contribution in [0.2, 0.25) is 0 Å². The zero-order valence-corrected chi connectivity index (χ0v) is 12.7. The molecule has 2 heterocycles. The number of hydrogen-bond acceptors (Lipinski definition) is 4. The van der Waals surface area contributed by atoms with Crippen LogP contribution < -0.4 is 5.32 Å². The quantitative estimate of drug-likeness (QED) is 0.799. The van der Waals surface area contributed by atoms with Gasteiger partial charge in [0.25, 0.3) is 0 Å². The van der Waals surface area contributed by atoms with Gasteiger partial charge >= 0.3 is 0 Å². The predicted molar refractivity (Wildman–Crippen MR) is 79.4 cm³/mol. The van der Waals surface area contributed by atoms with E-state index >= 15 is 0 Å². The van der Waals surface area contributed by atoms with Crippen molar-refractivity contribution in [1.82, 2.24) is 20.5 Å². The van der Waals surface area contributed by atoms with E-state index < -0.39 is 0 Å². The lowest BCUT2D eigenvalue weighted by Gasteiger charge is -2.15. The first-order valence-corrected chi connectivity index (χ1v) is 7.51. The minimum absolute atomic E-state index is 0.259. The third-order valence-corrected chi connectivity index (χ3v) is 4.44. The Morgan fingerprint density at radius 3 is 2.79 bits per heavy atom. The Hall–Kier alpha value is -1.20. The molecule has 0 fully saturated rings. The van der Waals surface area contributed by atoms with Gasteiger partial charge in [-0.1, -0.05) is 20.8 Å². The third kappa shape index (κ3) is 4.44. The summed E-state index contributed by atoms with van der Waals surface area (Å²) in [7, 11) is 0. The molecule has 0 aliphatic rings. The second-order valence-corrected chi connectivity index (χ2v) is 6.90. The molecule has 104 valence electrons. The van der Waals surface area contributed by atoms with E-state index in [0.29, 0.717) is 0 Å². The molecule has 19 heavy (non-hydrogen) atoms. The standard InChI is InChI=1S/C14H22N4S/c1-14(2,3)12-7-6-11(19-12)9-15-8-4-5-13-16-10-17-18-13/h6-7,10,15H,4-5,8-9H2,1-3H3,(H,16,17,18). The number of hydrogen-bond donors (Lipinski definition) is 2. The fourth-order valence-electron chi connectivity index (χ4n) is 1.82. The Morgan fingerprint density at radius 1 is 1.32 bits per heavy atom. The van der Waals surface area contributed by atoms with Crippen LogP contribution in [0.4, 0.5) is 0 Å². The van der Waals surface area contributed by atoms with E-state index in [1.165, 1.54) is 9.75 Å². The van der Waals surface area contributed by atoms with Crippen molar-refractivity contribution in [3.63, 3.8) is 0 Å². The largest absolute Gasteiger partial charge is 0.312 e. The predicted octanol–water partition coefficient (Wildman–Crippen LogP) is 2.89. The summed E-state index contributed by atoms with van der Waals surface area (Å²) in [4.78, 5) is 6.97. The van der Waals surface area contributed by atoms with Crippen LogP contribution in [-0.2, 0) is 18.4 Å². The van der Waals surface area contributed by atoms with Gasteiger partial charge in [0.1, 0.15) is 12.2 Å². The summed E-state index contributed by atoms with van der Waals surface area (Å²) in [6.45, 7) is 8.73. The van der Waals surface area contributed by atoms with E-state index in [1.54, 1.807) is 6.33 Å². The molecule has 0 spiro atoms. The summed E-state index contributed by atoms with van der Waals surface area (Å²) in [5.41, 5.74) is 0.259. The summed E-state index contributed by atoms with van der Waals surface area (Å²) >= 11 is 1.90. The first kappa shape index (κ1) is 14.2. The van der Waals surface area contributed by atoms with Crippen molar-refractivity contribution in [1.29, 1.82) is 0 Å². The molecule has 0 bridgehead atoms. The van der Waals surface area contributed by atoms with Crippen LogP contribution in [0.25, 0.3) is 0 Å². The van der Waals surface area contributed by atoms with Crippen LogP contribution in [0.3, 0.4) is 0 Å². The molecule has 0 radical (unpaired) electrons. The molecule has 0 atom stereocenters. The zero-order chi connectivity index (χ0) is 13.7. The van der Waals surface area contributed by atoms with Crippen LogP contribution in [0.1, 0.15) is 42.8 Å². The Kier molecular flexibility index (Phi) is 4.71. The van der Waals surface area contributed by atoms with Gasteiger partial charge in [-0.05, 0) is 30.5 Å². The minimum atomic E-state index is 0.259. The number of nitrogens with one attached hydrogen (secondary N) is 2. The fourth-order valence-corrected chi connectivity index (χ4v) is 2.85. The van der Waals surface area contributed by atoms with Crippen molar-refractivity contribution in [3.05, 3.63) is 34.0 Å². The molecule has 0 unspecified atom stereocenters. The first-order chi connectivity index (χ1) is 9.05.